The first-order valence-electron chi connectivity index (χ1n) is 7.77. The summed E-state index contributed by atoms with van der Waals surface area (Å²) in [6.45, 7) is 7.95. The molecular weight excluding hydrogens is 358 g/mol. The van der Waals surface area contributed by atoms with Gasteiger partial charge in [-0.25, -0.2) is 8.42 Å². The number of nitrogens with one attached hydrogen (secondary N) is 1. The SMILES string of the molecule is CCS(=O)(=O)c1nnc(NC(=O)/C=C/c2ccc(C(C)(C)C)cc2)s1. The van der Waals surface area contributed by atoms with E-state index in [1.807, 2.05) is 24.3 Å². The van der Waals surface area contributed by atoms with Crippen LogP contribution in [0, 0.1) is 0 Å². The molecule has 1 aromatic carbocycles. The van der Waals surface area contributed by atoms with E-state index in [4.69, 9.17) is 0 Å². The highest BCUT2D eigenvalue weighted by Gasteiger charge is 2.18. The molecule has 0 saturated carbocycles. The average molecular weight is 380 g/mol. The number of hydrogen-bond acceptors (Lipinski definition) is 6. The molecule has 1 N–H and O–H groups in total. The normalized spacial score (nSPS) is 12.5. The molecule has 134 valence electrons. The molecule has 6 nitrogen and oxygen atoms in total. The summed E-state index contributed by atoms with van der Waals surface area (Å²) in [5.41, 5.74) is 2.19. The minimum absolute atomic E-state index is 0.0555. The lowest BCUT2D eigenvalue weighted by molar-refractivity contribution is -0.111. The van der Waals surface area contributed by atoms with Crippen LogP contribution in [0.4, 0.5) is 5.13 Å². The molecule has 25 heavy (non-hydrogen) atoms. The first kappa shape index (κ1) is 19.3. The molecule has 0 unspecified atom stereocenters. The van der Waals surface area contributed by atoms with Gasteiger partial charge in [0.05, 0.1) is 5.75 Å². The van der Waals surface area contributed by atoms with Gasteiger partial charge in [0.2, 0.25) is 25.2 Å². The molecule has 1 heterocycles. The van der Waals surface area contributed by atoms with Crippen molar-refractivity contribution >= 4 is 38.3 Å². The summed E-state index contributed by atoms with van der Waals surface area (Å²) < 4.78 is 23.3. The van der Waals surface area contributed by atoms with Gasteiger partial charge in [0.15, 0.2) is 0 Å². The molecule has 2 aromatic rings. The number of nitrogens with zero attached hydrogens (tertiary/aromatic N) is 2. The topological polar surface area (TPSA) is 89.0 Å². The van der Waals surface area contributed by atoms with Crippen LogP contribution in [0.15, 0.2) is 34.7 Å². The summed E-state index contributed by atoms with van der Waals surface area (Å²) in [6, 6.07) is 7.96. The Morgan fingerprint density at radius 1 is 1.20 bits per heavy atom. The molecule has 0 atom stereocenters. The number of anilines is 1. The molecule has 0 aliphatic heterocycles. The van der Waals surface area contributed by atoms with Crippen molar-refractivity contribution in [3.63, 3.8) is 0 Å². The predicted octanol–water partition coefficient (Wildman–Crippen LogP) is 3.28. The maximum Gasteiger partial charge on any atom is 0.250 e. The first-order valence-corrected chi connectivity index (χ1v) is 10.2. The Hall–Kier alpha value is -2.06. The lowest BCUT2D eigenvalue weighted by atomic mass is 9.87. The number of hydrogen-bond donors (Lipinski definition) is 1. The third-order valence-corrected chi connectivity index (χ3v) is 6.51. The summed E-state index contributed by atoms with van der Waals surface area (Å²) in [7, 11) is -3.41. The quantitative estimate of drug-likeness (QED) is 0.636. The Morgan fingerprint density at radius 2 is 1.84 bits per heavy atom. The van der Waals surface area contributed by atoms with Crippen LogP contribution in [0.2, 0.25) is 0 Å². The van der Waals surface area contributed by atoms with Crippen molar-refractivity contribution in [3.8, 4) is 0 Å². The second-order valence-electron chi connectivity index (χ2n) is 6.47. The fourth-order valence-corrected chi connectivity index (χ4v) is 3.91. The van der Waals surface area contributed by atoms with Crippen LogP contribution >= 0.6 is 11.3 Å². The van der Waals surface area contributed by atoms with Crippen LogP contribution < -0.4 is 5.32 Å². The van der Waals surface area contributed by atoms with Gasteiger partial charge in [0, 0.05) is 6.08 Å². The Morgan fingerprint density at radius 3 is 2.40 bits per heavy atom. The summed E-state index contributed by atoms with van der Waals surface area (Å²) in [4.78, 5) is 11.9. The largest absolute Gasteiger partial charge is 0.297 e. The van der Waals surface area contributed by atoms with Crippen molar-refractivity contribution < 1.29 is 13.2 Å². The fraction of sp³-hybridized carbons (Fsp3) is 0.353. The molecule has 0 bridgehead atoms. The van der Waals surface area contributed by atoms with E-state index in [1.54, 1.807) is 6.08 Å². The Bertz CT molecular complexity index is 877. The maximum absolute atomic E-state index is 11.9. The van der Waals surface area contributed by atoms with Crippen LogP contribution in [0.3, 0.4) is 0 Å². The van der Waals surface area contributed by atoms with E-state index < -0.39 is 15.7 Å². The number of benzene rings is 1. The zero-order valence-corrected chi connectivity index (χ0v) is 16.2. The van der Waals surface area contributed by atoms with E-state index in [9.17, 15) is 13.2 Å². The lowest BCUT2D eigenvalue weighted by Crippen LogP contribution is -2.10. The fourth-order valence-electron chi connectivity index (χ4n) is 1.92. The van der Waals surface area contributed by atoms with Gasteiger partial charge in [0.25, 0.3) is 0 Å². The van der Waals surface area contributed by atoms with Crippen LogP contribution in [0.25, 0.3) is 6.08 Å². The van der Waals surface area contributed by atoms with Crippen molar-refractivity contribution in [2.45, 2.75) is 37.4 Å². The summed E-state index contributed by atoms with van der Waals surface area (Å²) >= 11 is 0.843. The molecule has 0 aliphatic rings. The highest BCUT2D eigenvalue weighted by molar-refractivity contribution is 7.93. The van der Waals surface area contributed by atoms with E-state index in [1.165, 1.54) is 18.6 Å². The molecular formula is C17H21N3O3S2. The molecule has 8 heteroatoms. The number of aromatic nitrogens is 2. The van der Waals surface area contributed by atoms with Crippen molar-refractivity contribution in [1.82, 2.24) is 10.2 Å². The molecule has 2 rings (SSSR count). The van der Waals surface area contributed by atoms with Gasteiger partial charge in [0.1, 0.15) is 0 Å². The number of carbonyl (C=O) groups is 1. The van der Waals surface area contributed by atoms with Gasteiger partial charge in [-0.3, -0.25) is 10.1 Å². The monoisotopic (exact) mass is 379 g/mol. The van der Waals surface area contributed by atoms with E-state index in [0.717, 1.165) is 16.9 Å². The summed E-state index contributed by atoms with van der Waals surface area (Å²) in [6.07, 6.45) is 3.06. The van der Waals surface area contributed by atoms with E-state index >= 15 is 0 Å². The van der Waals surface area contributed by atoms with E-state index in [0.29, 0.717) is 0 Å². The molecule has 0 fully saturated rings. The standard InChI is InChI=1S/C17H21N3O3S2/c1-5-25(22,23)16-20-19-15(24-16)18-14(21)11-8-12-6-9-13(10-7-12)17(2,3)4/h6-11H,5H2,1-4H3,(H,18,19,21)/b11-8+. The second-order valence-corrected chi connectivity index (χ2v) is 9.90. The van der Waals surface area contributed by atoms with Crippen LogP contribution in [-0.4, -0.2) is 30.3 Å². The number of rotatable bonds is 5. The zero-order chi connectivity index (χ0) is 18.7. The highest BCUT2D eigenvalue weighted by Crippen LogP contribution is 2.23. The number of amides is 1. The van der Waals surface area contributed by atoms with Crippen molar-refractivity contribution in [3.05, 3.63) is 41.5 Å². The van der Waals surface area contributed by atoms with Gasteiger partial charge in [-0.15, -0.1) is 10.2 Å². The van der Waals surface area contributed by atoms with Gasteiger partial charge in [-0.2, -0.15) is 0 Å². The molecule has 1 amide bonds. The lowest BCUT2D eigenvalue weighted by Gasteiger charge is -2.18. The van der Waals surface area contributed by atoms with Crippen LogP contribution in [-0.2, 0) is 20.0 Å². The first-order chi connectivity index (χ1) is 11.6. The third-order valence-electron chi connectivity index (χ3n) is 3.49. The van der Waals surface area contributed by atoms with Crippen LogP contribution in [0.1, 0.15) is 38.8 Å². The smallest absolute Gasteiger partial charge is 0.250 e. The van der Waals surface area contributed by atoms with Gasteiger partial charge in [-0.1, -0.05) is 63.3 Å². The Kier molecular flexibility index (Phi) is 5.74. The van der Waals surface area contributed by atoms with E-state index in [2.05, 4.69) is 36.3 Å². The maximum atomic E-state index is 11.9. The number of sulfone groups is 1. The van der Waals surface area contributed by atoms with Gasteiger partial charge >= 0.3 is 0 Å². The minimum Gasteiger partial charge on any atom is -0.297 e. The Labute approximate surface area is 151 Å². The van der Waals surface area contributed by atoms with Crippen molar-refractivity contribution in [1.29, 1.82) is 0 Å². The average Bonchev–Trinajstić information content (AvgIpc) is 3.02. The number of carbonyl (C=O) groups excluding carboxylic acids is 1. The summed E-state index contributed by atoms with van der Waals surface area (Å²) in [5.74, 6) is -0.448. The van der Waals surface area contributed by atoms with Gasteiger partial charge in [-0.05, 0) is 22.6 Å². The van der Waals surface area contributed by atoms with Crippen LogP contribution in [0.5, 0.6) is 0 Å². The Balaban J connectivity index is 2.02. The molecule has 0 aliphatic carbocycles. The predicted molar refractivity (Wildman–Crippen MR) is 100 cm³/mol. The van der Waals surface area contributed by atoms with Crippen molar-refractivity contribution in [2.75, 3.05) is 11.1 Å². The zero-order valence-electron chi connectivity index (χ0n) is 14.6. The minimum atomic E-state index is -3.41. The molecule has 0 saturated heterocycles. The van der Waals surface area contributed by atoms with Gasteiger partial charge < -0.3 is 0 Å². The second kappa shape index (κ2) is 7.45. The third kappa shape index (κ3) is 5.20. The highest BCUT2D eigenvalue weighted by atomic mass is 32.2. The molecule has 0 spiro atoms. The molecule has 1 aromatic heterocycles. The van der Waals surface area contributed by atoms with Crippen molar-refractivity contribution in [2.24, 2.45) is 0 Å². The molecule has 0 radical (unpaired) electrons. The van der Waals surface area contributed by atoms with E-state index in [-0.39, 0.29) is 20.6 Å². The summed E-state index contributed by atoms with van der Waals surface area (Å²) in [5, 5.41) is 9.97.